The van der Waals surface area contributed by atoms with E-state index in [0.717, 1.165) is 12.8 Å². The summed E-state index contributed by atoms with van der Waals surface area (Å²) in [4.78, 5) is 13.4. The Bertz CT molecular complexity index is 491. The van der Waals surface area contributed by atoms with E-state index < -0.39 is 6.10 Å². The van der Waals surface area contributed by atoms with Crippen molar-refractivity contribution >= 4 is 29.1 Å². The molecule has 0 heterocycles. The van der Waals surface area contributed by atoms with E-state index in [1.807, 2.05) is 0 Å². The fraction of sp³-hybridized carbons (Fsp3) is 0.500. The third-order valence-corrected chi connectivity index (χ3v) is 3.84. The number of benzene rings is 1. The highest BCUT2D eigenvalue weighted by Gasteiger charge is 2.31. The van der Waals surface area contributed by atoms with Gasteiger partial charge in [0.1, 0.15) is 5.75 Å². The summed E-state index contributed by atoms with van der Waals surface area (Å²) in [6.45, 7) is 0.198. The van der Waals surface area contributed by atoms with Crippen molar-refractivity contribution in [2.24, 2.45) is 5.92 Å². The third kappa shape index (κ3) is 4.27. The average molecular weight is 318 g/mol. The summed E-state index contributed by atoms with van der Waals surface area (Å²) in [5.41, 5.74) is 0. The van der Waals surface area contributed by atoms with Gasteiger partial charge in [0.15, 0.2) is 6.61 Å². The van der Waals surface area contributed by atoms with Gasteiger partial charge in [-0.3, -0.25) is 4.79 Å². The number of hydrogen-bond donors (Lipinski definition) is 1. The molecule has 1 aromatic carbocycles. The largest absolute Gasteiger partial charge is 0.482 e. The molecule has 20 heavy (non-hydrogen) atoms. The zero-order valence-corrected chi connectivity index (χ0v) is 12.7. The number of halogens is 2. The second-order valence-corrected chi connectivity index (χ2v) is 5.89. The van der Waals surface area contributed by atoms with Gasteiger partial charge >= 0.3 is 0 Å². The Labute approximate surface area is 128 Å². The van der Waals surface area contributed by atoms with Crippen LogP contribution in [0.5, 0.6) is 5.75 Å². The molecule has 1 aliphatic rings. The lowest BCUT2D eigenvalue weighted by atomic mass is 10.2. The van der Waals surface area contributed by atoms with Crippen LogP contribution in [0.4, 0.5) is 0 Å². The van der Waals surface area contributed by atoms with Crippen molar-refractivity contribution in [1.82, 2.24) is 4.90 Å². The van der Waals surface area contributed by atoms with Gasteiger partial charge in [-0.1, -0.05) is 23.2 Å². The molecule has 6 heteroatoms. The van der Waals surface area contributed by atoms with E-state index in [2.05, 4.69) is 0 Å². The van der Waals surface area contributed by atoms with Crippen LogP contribution in [0.15, 0.2) is 18.2 Å². The number of aliphatic hydroxyl groups excluding tert-OH is 1. The Hall–Kier alpha value is -0.970. The molecule has 1 atom stereocenters. The number of carbonyl (C=O) groups is 1. The van der Waals surface area contributed by atoms with Gasteiger partial charge in [-0.05, 0) is 30.9 Å². The van der Waals surface area contributed by atoms with Crippen molar-refractivity contribution in [2.75, 3.05) is 20.2 Å². The van der Waals surface area contributed by atoms with Crippen LogP contribution in [0, 0.1) is 5.92 Å². The zero-order valence-electron chi connectivity index (χ0n) is 11.2. The zero-order chi connectivity index (χ0) is 14.7. The van der Waals surface area contributed by atoms with E-state index in [9.17, 15) is 9.90 Å². The van der Waals surface area contributed by atoms with E-state index in [0.29, 0.717) is 28.3 Å². The van der Waals surface area contributed by atoms with Gasteiger partial charge in [0.2, 0.25) is 0 Å². The van der Waals surface area contributed by atoms with Gasteiger partial charge in [0, 0.05) is 24.7 Å². The number of amides is 1. The van der Waals surface area contributed by atoms with E-state index in [-0.39, 0.29) is 12.5 Å². The van der Waals surface area contributed by atoms with E-state index >= 15 is 0 Å². The highest BCUT2D eigenvalue weighted by molar-refractivity contribution is 6.34. The van der Waals surface area contributed by atoms with Crippen molar-refractivity contribution < 1.29 is 14.6 Å². The van der Waals surface area contributed by atoms with Crippen molar-refractivity contribution in [3.05, 3.63) is 28.2 Å². The van der Waals surface area contributed by atoms with Crippen molar-refractivity contribution in [1.29, 1.82) is 0 Å². The highest BCUT2D eigenvalue weighted by atomic mass is 35.5. The fourth-order valence-electron chi connectivity index (χ4n) is 1.85. The molecule has 1 amide bonds. The van der Waals surface area contributed by atoms with E-state index in [1.54, 1.807) is 25.2 Å². The molecule has 0 radical (unpaired) electrons. The molecule has 0 saturated heterocycles. The Morgan fingerprint density at radius 2 is 2.20 bits per heavy atom. The van der Waals surface area contributed by atoms with Gasteiger partial charge in [0.25, 0.3) is 5.91 Å². The van der Waals surface area contributed by atoms with Crippen molar-refractivity contribution in [3.63, 3.8) is 0 Å². The molecule has 0 bridgehead atoms. The maximum Gasteiger partial charge on any atom is 0.260 e. The third-order valence-electron chi connectivity index (χ3n) is 3.30. The minimum Gasteiger partial charge on any atom is -0.482 e. The minimum atomic E-state index is -0.446. The molecule has 1 aromatic rings. The summed E-state index contributed by atoms with van der Waals surface area (Å²) in [5.74, 6) is 0.512. The van der Waals surface area contributed by atoms with Crippen LogP contribution in [-0.4, -0.2) is 42.2 Å². The van der Waals surface area contributed by atoms with Gasteiger partial charge in [-0.15, -0.1) is 0 Å². The van der Waals surface area contributed by atoms with Crippen LogP contribution < -0.4 is 4.74 Å². The summed E-state index contributed by atoms with van der Waals surface area (Å²) in [6.07, 6.45) is 1.63. The molecule has 1 unspecified atom stereocenters. The summed E-state index contributed by atoms with van der Waals surface area (Å²) >= 11 is 11.8. The first-order chi connectivity index (χ1) is 9.47. The summed E-state index contributed by atoms with van der Waals surface area (Å²) < 4.78 is 5.37. The molecule has 1 N–H and O–H groups in total. The van der Waals surface area contributed by atoms with Crippen LogP contribution >= 0.6 is 23.2 Å². The first-order valence-electron chi connectivity index (χ1n) is 6.47. The lowest BCUT2D eigenvalue weighted by Crippen LogP contribution is -2.38. The second-order valence-electron chi connectivity index (χ2n) is 5.04. The lowest BCUT2D eigenvalue weighted by molar-refractivity contribution is -0.133. The van der Waals surface area contributed by atoms with Gasteiger partial charge in [0.05, 0.1) is 11.1 Å². The van der Waals surface area contributed by atoms with E-state index in [4.69, 9.17) is 27.9 Å². The maximum atomic E-state index is 11.9. The first kappa shape index (κ1) is 15.4. The quantitative estimate of drug-likeness (QED) is 0.877. The Balaban J connectivity index is 1.83. The number of carbonyl (C=O) groups excluding carboxylic acids is 1. The average Bonchev–Trinajstić information content (AvgIpc) is 3.23. The van der Waals surface area contributed by atoms with Gasteiger partial charge in [-0.2, -0.15) is 0 Å². The summed E-state index contributed by atoms with van der Waals surface area (Å²) in [5, 5.41) is 10.7. The van der Waals surface area contributed by atoms with Gasteiger partial charge < -0.3 is 14.7 Å². The lowest BCUT2D eigenvalue weighted by Gasteiger charge is -2.21. The smallest absolute Gasteiger partial charge is 0.260 e. The number of likely N-dealkylation sites (N-methyl/N-ethyl adjacent to an activating group) is 1. The molecule has 0 aromatic heterocycles. The molecule has 0 spiro atoms. The first-order valence-corrected chi connectivity index (χ1v) is 7.23. The molecule has 110 valence electrons. The van der Waals surface area contributed by atoms with Crippen molar-refractivity contribution in [3.8, 4) is 5.75 Å². The van der Waals surface area contributed by atoms with Crippen molar-refractivity contribution in [2.45, 2.75) is 18.9 Å². The number of rotatable bonds is 6. The van der Waals surface area contributed by atoms with Crippen LogP contribution in [0.25, 0.3) is 0 Å². The highest BCUT2D eigenvalue weighted by Crippen LogP contribution is 2.32. The van der Waals surface area contributed by atoms with Gasteiger partial charge in [-0.25, -0.2) is 0 Å². The normalized spacial score (nSPS) is 15.8. The molecular weight excluding hydrogens is 301 g/mol. The molecular formula is C14H17Cl2NO3. The standard InChI is InChI=1S/C14H17Cl2NO3/c1-17(7-12(18)9-2-3-9)14(19)8-20-13-6-10(15)4-5-11(13)16/h4-6,9,12,18H,2-3,7-8H2,1H3. The Morgan fingerprint density at radius 1 is 1.50 bits per heavy atom. The maximum absolute atomic E-state index is 11.9. The molecule has 1 saturated carbocycles. The topological polar surface area (TPSA) is 49.8 Å². The molecule has 4 nitrogen and oxygen atoms in total. The number of ether oxygens (including phenoxy) is 1. The molecule has 1 fully saturated rings. The predicted molar refractivity (Wildman–Crippen MR) is 78.3 cm³/mol. The summed E-state index contributed by atoms with van der Waals surface area (Å²) in [7, 11) is 1.65. The Morgan fingerprint density at radius 3 is 2.85 bits per heavy atom. The number of aliphatic hydroxyl groups is 1. The Kier molecular flexibility index (Phi) is 5.13. The van der Waals surface area contributed by atoms with Crippen LogP contribution in [0.1, 0.15) is 12.8 Å². The monoisotopic (exact) mass is 317 g/mol. The van der Waals surface area contributed by atoms with Crippen LogP contribution in [0.2, 0.25) is 10.0 Å². The second kappa shape index (κ2) is 6.66. The van der Waals surface area contributed by atoms with Crippen LogP contribution in [0.3, 0.4) is 0 Å². The number of hydrogen-bond acceptors (Lipinski definition) is 3. The predicted octanol–water partition coefficient (Wildman–Crippen LogP) is 2.60. The molecule has 0 aliphatic heterocycles. The minimum absolute atomic E-state index is 0.131. The van der Waals surface area contributed by atoms with Crippen LogP contribution in [-0.2, 0) is 4.79 Å². The summed E-state index contributed by atoms with van der Waals surface area (Å²) in [6, 6.07) is 4.83. The SMILES string of the molecule is CN(CC(O)C1CC1)C(=O)COc1cc(Cl)ccc1Cl. The molecule has 1 aliphatic carbocycles. The number of nitrogens with zero attached hydrogens (tertiary/aromatic N) is 1. The molecule has 2 rings (SSSR count). The fourth-order valence-corrected chi connectivity index (χ4v) is 2.18. The van der Waals surface area contributed by atoms with E-state index in [1.165, 1.54) is 4.90 Å².